The van der Waals surface area contributed by atoms with Crippen molar-refractivity contribution in [1.82, 2.24) is 35.4 Å². The first-order valence-corrected chi connectivity index (χ1v) is 23.7. The van der Waals surface area contributed by atoms with Crippen LogP contribution in [-0.4, -0.2) is 113 Å². The number of fused-ring (bicyclic) bond motifs is 1. The maximum atomic E-state index is 13.7. The summed E-state index contributed by atoms with van der Waals surface area (Å²) in [4.78, 5) is 73.7. The summed E-state index contributed by atoms with van der Waals surface area (Å²) >= 11 is 6.26. The molecule has 5 heterocycles. The van der Waals surface area contributed by atoms with E-state index in [-0.39, 0.29) is 59.5 Å². The molecule has 1 atom stereocenters. The number of nitriles is 1. The van der Waals surface area contributed by atoms with Crippen LogP contribution in [0, 0.1) is 28.1 Å². The number of halogens is 1. The number of likely N-dealkylation sites (tertiary alicyclic amines) is 1. The molecule has 4 aliphatic heterocycles. The number of piperidine rings is 3. The molecule has 350 valence electrons. The Morgan fingerprint density at radius 3 is 2.16 bits per heavy atom. The van der Waals surface area contributed by atoms with Crippen molar-refractivity contribution in [3.05, 3.63) is 98.9 Å². The van der Waals surface area contributed by atoms with E-state index in [9.17, 15) is 29.2 Å². The lowest BCUT2D eigenvalue weighted by Crippen LogP contribution is -2.74. The topological polar surface area (TPSA) is 186 Å². The van der Waals surface area contributed by atoms with Crippen LogP contribution in [-0.2, 0) is 14.4 Å². The van der Waals surface area contributed by atoms with E-state index in [4.69, 9.17) is 16.3 Å². The van der Waals surface area contributed by atoms with E-state index in [1.165, 1.54) is 5.57 Å². The maximum Gasteiger partial charge on any atom is 0.278 e. The summed E-state index contributed by atoms with van der Waals surface area (Å²) in [7, 11) is 0. The van der Waals surface area contributed by atoms with Crippen LogP contribution >= 0.6 is 11.6 Å². The number of nitrogens with one attached hydrogen (secondary N) is 2. The second-order valence-corrected chi connectivity index (χ2v) is 20.2. The van der Waals surface area contributed by atoms with Gasteiger partial charge in [-0.15, -0.1) is 5.10 Å². The van der Waals surface area contributed by atoms with Gasteiger partial charge in [0, 0.05) is 105 Å². The zero-order valence-electron chi connectivity index (χ0n) is 38.5. The molecule has 5 fully saturated rings. The van der Waals surface area contributed by atoms with Crippen molar-refractivity contribution < 1.29 is 23.9 Å². The highest BCUT2D eigenvalue weighted by atomic mass is 35.5. The van der Waals surface area contributed by atoms with Crippen LogP contribution in [0.1, 0.15) is 88.2 Å². The normalized spacial score (nSPS) is 23.0. The number of imide groups is 1. The Bertz CT molecular complexity index is 2710. The van der Waals surface area contributed by atoms with Crippen LogP contribution in [0.5, 0.6) is 5.75 Å². The molecule has 9 rings (SSSR count). The molecule has 1 aliphatic carbocycles. The highest BCUT2D eigenvalue weighted by Gasteiger charge is 2.64. The largest absolute Gasteiger partial charge is 0.489 e. The summed E-state index contributed by atoms with van der Waals surface area (Å²) in [6.45, 7) is 14.7. The van der Waals surface area contributed by atoms with Gasteiger partial charge in [0.05, 0.1) is 16.0 Å². The number of anilines is 2. The monoisotopic (exact) mass is 928 g/mol. The predicted molar refractivity (Wildman–Crippen MR) is 254 cm³/mol. The summed E-state index contributed by atoms with van der Waals surface area (Å²) in [5.41, 5.74) is 3.62. The van der Waals surface area contributed by atoms with E-state index in [0.29, 0.717) is 59.0 Å². The Morgan fingerprint density at radius 2 is 1.51 bits per heavy atom. The first-order valence-electron chi connectivity index (χ1n) is 23.3. The third-order valence-electron chi connectivity index (χ3n) is 14.7. The van der Waals surface area contributed by atoms with Gasteiger partial charge in [-0.05, 0) is 92.9 Å². The van der Waals surface area contributed by atoms with Crippen LogP contribution in [0.15, 0.2) is 77.2 Å². The van der Waals surface area contributed by atoms with E-state index in [1.54, 1.807) is 30.3 Å². The third-order valence-corrected chi connectivity index (χ3v) is 15.0. The Hall–Kier alpha value is -6.47. The minimum Gasteiger partial charge on any atom is -0.489 e. The van der Waals surface area contributed by atoms with Gasteiger partial charge in [-0.2, -0.15) is 9.94 Å². The molecule has 17 heteroatoms. The summed E-state index contributed by atoms with van der Waals surface area (Å²) in [5, 5.41) is 23.7. The Balaban J connectivity index is 0.714. The van der Waals surface area contributed by atoms with Gasteiger partial charge in [-0.3, -0.25) is 29.3 Å². The number of carbonyl (C=O) groups is 4. The number of carbonyl (C=O) groups excluding carboxylic acids is 4. The van der Waals surface area contributed by atoms with Crippen molar-refractivity contribution in [3.63, 3.8) is 0 Å². The lowest BCUT2D eigenvalue weighted by molar-refractivity contribution is -0.164. The van der Waals surface area contributed by atoms with Gasteiger partial charge in [0.1, 0.15) is 29.5 Å². The zero-order valence-corrected chi connectivity index (χ0v) is 39.2. The number of hydrogen-bond acceptors (Lipinski definition) is 12. The van der Waals surface area contributed by atoms with Gasteiger partial charge in [-0.25, -0.2) is 0 Å². The second kappa shape index (κ2) is 18.3. The minimum atomic E-state index is -0.882. The molecule has 5 aliphatic rings. The first kappa shape index (κ1) is 45.7. The van der Waals surface area contributed by atoms with Crippen LogP contribution in [0.4, 0.5) is 11.4 Å². The van der Waals surface area contributed by atoms with Crippen molar-refractivity contribution in [1.29, 1.82) is 5.26 Å². The predicted octanol–water partition coefficient (Wildman–Crippen LogP) is 5.45. The SMILES string of the molecule is CC1(C)[C@H](NC(=O)c2ccc(N3CCN(C=C4CCN(C(=O)C5CCN(c6ccc7nnn(C8CCC(=O)NC8=O)c(=O)c7c6)CC5)CC4)CC3)cc2)C(C)(C)[C@H]1Oc1ccc(C#N)c(Cl)c1. The summed E-state index contributed by atoms with van der Waals surface area (Å²) in [5.74, 6) is -0.265. The van der Waals surface area contributed by atoms with Crippen LogP contribution in [0.25, 0.3) is 10.9 Å². The number of aromatic nitrogens is 3. The zero-order chi connectivity index (χ0) is 47.2. The fraction of sp³-hybridized carbons (Fsp3) is 0.480. The van der Waals surface area contributed by atoms with Crippen molar-refractivity contribution in [2.24, 2.45) is 16.7 Å². The number of amides is 4. The Morgan fingerprint density at radius 1 is 0.836 bits per heavy atom. The van der Waals surface area contributed by atoms with Gasteiger partial charge >= 0.3 is 0 Å². The average molecular weight is 930 g/mol. The van der Waals surface area contributed by atoms with Gasteiger partial charge in [0.25, 0.3) is 17.4 Å². The molecule has 4 aromatic rings. The second-order valence-electron chi connectivity index (χ2n) is 19.8. The molecule has 1 saturated carbocycles. The lowest BCUT2D eigenvalue weighted by atomic mass is 9.49. The molecule has 4 saturated heterocycles. The van der Waals surface area contributed by atoms with E-state index in [2.05, 4.69) is 75.6 Å². The van der Waals surface area contributed by atoms with E-state index in [0.717, 1.165) is 67.9 Å². The molecule has 3 aromatic carbocycles. The molecule has 0 spiro atoms. The van der Waals surface area contributed by atoms with Gasteiger partial charge in [-0.1, -0.05) is 50.1 Å². The highest BCUT2D eigenvalue weighted by Crippen LogP contribution is 2.55. The van der Waals surface area contributed by atoms with Gasteiger partial charge in [0.15, 0.2) is 0 Å². The molecule has 67 heavy (non-hydrogen) atoms. The van der Waals surface area contributed by atoms with Crippen LogP contribution in [0.2, 0.25) is 5.02 Å². The molecule has 4 amide bonds. The number of piperazine rings is 1. The third kappa shape index (κ3) is 9.05. The maximum absolute atomic E-state index is 13.7. The fourth-order valence-corrected chi connectivity index (χ4v) is 11.4. The highest BCUT2D eigenvalue weighted by molar-refractivity contribution is 6.31. The molecule has 1 aromatic heterocycles. The number of hydrogen-bond donors (Lipinski definition) is 2. The first-order chi connectivity index (χ1) is 32.1. The summed E-state index contributed by atoms with van der Waals surface area (Å²) in [6.07, 6.45) is 5.61. The van der Waals surface area contributed by atoms with Gasteiger partial charge in [0.2, 0.25) is 11.8 Å². The lowest BCUT2D eigenvalue weighted by Gasteiger charge is -2.63. The van der Waals surface area contributed by atoms with E-state index >= 15 is 0 Å². The molecular weight excluding hydrogens is 872 g/mol. The molecule has 16 nitrogen and oxygen atoms in total. The van der Waals surface area contributed by atoms with Crippen molar-refractivity contribution in [2.45, 2.75) is 84.4 Å². The average Bonchev–Trinajstić information content (AvgIpc) is 3.33. The summed E-state index contributed by atoms with van der Waals surface area (Å²) in [6, 6.07) is 19.5. The van der Waals surface area contributed by atoms with Crippen molar-refractivity contribution >= 4 is 57.5 Å². The molecule has 2 N–H and O–H groups in total. The Kier molecular flexibility index (Phi) is 12.5. The van der Waals surface area contributed by atoms with Crippen LogP contribution in [0.3, 0.4) is 0 Å². The Labute approximate surface area is 394 Å². The molecular formula is C50H57ClN10O6. The quantitative estimate of drug-likeness (QED) is 0.203. The molecule has 0 bridgehead atoms. The van der Waals surface area contributed by atoms with Crippen molar-refractivity contribution in [2.75, 3.05) is 62.2 Å². The number of benzene rings is 3. The minimum absolute atomic E-state index is 0.0490. The summed E-state index contributed by atoms with van der Waals surface area (Å²) < 4.78 is 7.47. The number of nitrogens with zero attached hydrogens (tertiary/aromatic N) is 8. The smallest absolute Gasteiger partial charge is 0.278 e. The molecule has 0 radical (unpaired) electrons. The fourth-order valence-electron chi connectivity index (χ4n) is 11.1. The number of rotatable bonds is 9. The van der Waals surface area contributed by atoms with Crippen molar-refractivity contribution in [3.8, 4) is 11.8 Å². The van der Waals surface area contributed by atoms with E-state index in [1.807, 2.05) is 35.2 Å². The standard InChI is InChI=1S/C50H57ClN10O6/c1-49(2)47(50(3,4)48(49)67-37-11-7-34(29-52)39(51)28-37)54-43(63)32-5-8-35(9-6-32)59-25-23-57(24-26-59)30-31-15-19-60(20-16-31)45(65)33-17-21-58(22-18-33)36-10-12-40-38(27-36)46(66)61(56-55-40)41-13-14-42(62)53-44(41)64/h5-12,27-28,30,33,41,47-48H,13-26H2,1-4H3,(H,54,63)(H,53,62,64)/t41?,47-,48-. The number of ether oxygens (including phenoxy) is 1. The van der Waals surface area contributed by atoms with Crippen LogP contribution < -0.4 is 30.7 Å². The molecule has 1 unspecified atom stereocenters. The van der Waals surface area contributed by atoms with E-state index < -0.39 is 17.5 Å². The van der Waals surface area contributed by atoms with Gasteiger partial charge < -0.3 is 29.7 Å².